The summed E-state index contributed by atoms with van der Waals surface area (Å²) in [5.74, 6) is -1.07. The number of aryl methyl sites for hydroxylation is 1. The van der Waals surface area contributed by atoms with Gasteiger partial charge >= 0.3 is 5.97 Å². The molecular formula is C11H18N2O4S. The molecule has 0 saturated carbocycles. The van der Waals surface area contributed by atoms with E-state index in [0.717, 1.165) is 0 Å². The van der Waals surface area contributed by atoms with Gasteiger partial charge in [-0.15, -0.1) is 0 Å². The fourth-order valence-corrected chi connectivity index (χ4v) is 3.24. The highest BCUT2D eigenvalue weighted by atomic mass is 32.2. The van der Waals surface area contributed by atoms with Gasteiger partial charge in [-0.3, -0.25) is 4.68 Å². The first-order valence-electron chi connectivity index (χ1n) is 5.67. The minimum absolute atomic E-state index is 0.0504. The highest BCUT2D eigenvalue weighted by molar-refractivity contribution is 7.90. The van der Waals surface area contributed by atoms with E-state index in [-0.39, 0.29) is 22.8 Å². The van der Waals surface area contributed by atoms with Crippen molar-refractivity contribution in [3.8, 4) is 0 Å². The van der Waals surface area contributed by atoms with Crippen LogP contribution in [0.2, 0.25) is 0 Å². The number of carboxylic acid groups (broad SMARTS) is 1. The predicted molar refractivity (Wildman–Crippen MR) is 67.1 cm³/mol. The molecule has 0 aromatic carbocycles. The lowest BCUT2D eigenvalue weighted by atomic mass is 10.2. The Morgan fingerprint density at radius 1 is 1.50 bits per heavy atom. The fourth-order valence-electron chi connectivity index (χ4n) is 1.51. The summed E-state index contributed by atoms with van der Waals surface area (Å²) in [6.07, 6.45) is 1.75. The number of sulfone groups is 1. The lowest BCUT2D eigenvalue weighted by Gasteiger charge is -2.07. The summed E-state index contributed by atoms with van der Waals surface area (Å²) in [5.41, 5.74) is 0.178. The number of carboxylic acids is 1. The van der Waals surface area contributed by atoms with E-state index < -0.39 is 15.8 Å². The molecule has 0 bridgehead atoms. The number of hydrogen-bond donors (Lipinski definition) is 1. The second-order valence-corrected chi connectivity index (χ2v) is 6.89. The zero-order chi connectivity index (χ0) is 13.9. The zero-order valence-corrected chi connectivity index (χ0v) is 11.6. The van der Waals surface area contributed by atoms with Gasteiger partial charge in [0, 0.05) is 7.05 Å². The van der Waals surface area contributed by atoms with Crippen molar-refractivity contribution >= 4 is 15.8 Å². The largest absolute Gasteiger partial charge is 0.478 e. The van der Waals surface area contributed by atoms with Crippen LogP contribution in [0.5, 0.6) is 0 Å². The van der Waals surface area contributed by atoms with Crippen molar-refractivity contribution in [3.05, 3.63) is 17.5 Å². The maximum absolute atomic E-state index is 11.9. The lowest BCUT2D eigenvalue weighted by molar-refractivity contribution is 0.0696. The second kappa shape index (κ2) is 5.51. The van der Waals surface area contributed by atoms with E-state index >= 15 is 0 Å². The molecule has 1 N–H and O–H groups in total. The van der Waals surface area contributed by atoms with Crippen molar-refractivity contribution in [3.63, 3.8) is 0 Å². The molecule has 7 heteroatoms. The third kappa shape index (κ3) is 3.83. The van der Waals surface area contributed by atoms with E-state index in [4.69, 9.17) is 5.11 Å². The van der Waals surface area contributed by atoms with Crippen molar-refractivity contribution in [1.29, 1.82) is 0 Å². The SMILES string of the molecule is CC(C)CCS(=O)(=O)Cc1c(C(=O)O)cnn1C. The first kappa shape index (κ1) is 14.7. The summed E-state index contributed by atoms with van der Waals surface area (Å²) in [4.78, 5) is 10.9. The minimum Gasteiger partial charge on any atom is -0.478 e. The standard InChI is InChI=1S/C11H18N2O4S/c1-8(2)4-5-18(16,17)7-10-9(11(14)15)6-12-13(10)3/h6,8H,4-5,7H2,1-3H3,(H,14,15). The molecule has 1 aromatic rings. The van der Waals surface area contributed by atoms with Crippen LogP contribution in [0.4, 0.5) is 0 Å². The Morgan fingerprint density at radius 2 is 2.11 bits per heavy atom. The molecule has 102 valence electrons. The van der Waals surface area contributed by atoms with Crippen LogP contribution in [-0.2, 0) is 22.6 Å². The molecule has 0 saturated heterocycles. The van der Waals surface area contributed by atoms with Gasteiger partial charge < -0.3 is 5.11 Å². The van der Waals surface area contributed by atoms with Crippen LogP contribution in [0.15, 0.2) is 6.20 Å². The van der Waals surface area contributed by atoms with Crippen molar-refractivity contribution < 1.29 is 18.3 Å². The smallest absolute Gasteiger partial charge is 0.339 e. The summed E-state index contributed by atoms with van der Waals surface area (Å²) in [6.45, 7) is 3.89. The van der Waals surface area contributed by atoms with Crippen LogP contribution in [0.1, 0.15) is 36.3 Å². The molecule has 0 aliphatic heterocycles. The van der Waals surface area contributed by atoms with Crippen LogP contribution in [0, 0.1) is 5.92 Å². The molecule has 0 amide bonds. The molecule has 1 rings (SSSR count). The van der Waals surface area contributed by atoms with Gasteiger partial charge in [0.15, 0.2) is 9.84 Å². The molecular weight excluding hydrogens is 256 g/mol. The number of hydrogen-bond acceptors (Lipinski definition) is 4. The molecule has 0 unspecified atom stereocenters. The number of aromatic nitrogens is 2. The Kier molecular flexibility index (Phi) is 4.50. The Hall–Kier alpha value is -1.37. The summed E-state index contributed by atoms with van der Waals surface area (Å²) in [5, 5.41) is 12.7. The predicted octanol–water partition coefficient (Wildman–Crippen LogP) is 1.08. The first-order valence-corrected chi connectivity index (χ1v) is 7.49. The van der Waals surface area contributed by atoms with E-state index in [1.807, 2.05) is 13.8 Å². The quantitative estimate of drug-likeness (QED) is 0.838. The molecule has 0 aliphatic rings. The van der Waals surface area contributed by atoms with E-state index in [1.165, 1.54) is 10.9 Å². The monoisotopic (exact) mass is 274 g/mol. The number of nitrogens with zero attached hydrogens (tertiary/aromatic N) is 2. The van der Waals surface area contributed by atoms with E-state index in [9.17, 15) is 13.2 Å². The highest BCUT2D eigenvalue weighted by Gasteiger charge is 2.21. The van der Waals surface area contributed by atoms with Crippen molar-refractivity contribution in [1.82, 2.24) is 9.78 Å². The maximum Gasteiger partial charge on any atom is 0.339 e. The summed E-state index contributed by atoms with van der Waals surface area (Å²) in [6, 6.07) is 0. The molecule has 18 heavy (non-hydrogen) atoms. The minimum atomic E-state index is -3.30. The van der Waals surface area contributed by atoms with Crippen molar-refractivity contribution in [2.75, 3.05) is 5.75 Å². The van der Waals surface area contributed by atoms with Gasteiger partial charge in [0.1, 0.15) is 5.56 Å². The summed E-state index contributed by atoms with van der Waals surface area (Å²) < 4.78 is 25.1. The summed E-state index contributed by atoms with van der Waals surface area (Å²) >= 11 is 0. The second-order valence-electron chi connectivity index (χ2n) is 4.71. The van der Waals surface area contributed by atoms with Crippen molar-refractivity contribution in [2.24, 2.45) is 13.0 Å². The van der Waals surface area contributed by atoms with E-state index in [2.05, 4.69) is 5.10 Å². The molecule has 0 atom stereocenters. The number of rotatable bonds is 6. The molecule has 1 heterocycles. The van der Waals surface area contributed by atoms with E-state index in [1.54, 1.807) is 7.05 Å². The van der Waals surface area contributed by atoms with Crippen molar-refractivity contribution in [2.45, 2.75) is 26.0 Å². The average Bonchev–Trinajstić information content (AvgIpc) is 2.57. The average molecular weight is 274 g/mol. The van der Waals surface area contributed by atoms with E-state index in [0.29, 0.717) is 12.3 Å². The lowest BCUT2D eigenvalue weighted by Crippen LogP contribution is -2.15. The molecule has 1 aromatic heterocycles. The Morgan fingerprint density at radius 3 is 2.61 bits per heavy atom. The molecule has 0 aliphatic carbocycles. The first-order chi connectivity index (χ1) is 8.23. The van der Waals surface area contributed by atoms with Gasteiger partial charge in [-0.25, -0.2) is 13.2 Å². The number of carbonyl (C=O) groups is 1. The van der Waals surface area contributed by atoms with Gasteiger partial charge in [0.05, 0.1) is 23.4 Å². The molecule has 0 radical (unpaired) electrons. The fraction of sp³-hybridized carbons (Fsp3) is 0.636. The third-order valence-corrected chi connectivity index (χ3v) is 4.23. The number of aromatic carboxylic acids is 1. The van der Waals surface area contributed by atoms with Gasteiger partial charge in [-0.05, 0) is 12.3 Å². The van der Waals surface area contributed by atoms with Crippen LogP contribution in [-0.4, -0.2) is 35.0 Å². The topological polar surface area (TPSA) is 89.3 Å². The molecule has 0 spiro atoms. The maximum atomic E-state index is 11.9. The van der Waals surface area contributed by atoms with Gasteiger partial charge in [-0.2, -0.15) is 5.10 Å². The Balaban J connectivity index is 2.90. The van der Waals surface area contributed by atoms with Crippen LogP contribution >= 0.6 is 0 Å². The van der Waals surface area contributed by atoms with Gasteiger partial charge in [-0.1, -0.05) is 13.8 Å². The van der Waals surface area contributed by atoms with Crippen LogP contribution in [0.3, 0.4) is 0 Å². The van der Waals surface area contributed by atoms with Gasteiger partial charge in [0.25, 0.3) is 0 Å². The normalized spacial score (nSPS) is 12.0. The van der Waals surface area contributed by atoms with Gasteiger partial charge in [0.2, 0.25) is 0 Å². The highest BCUT2D eigenvalue weighted by Crippen LogP contribution is 2.14. The Bertz CT molecular complexity index is 531. The molecule has 0 fully saturated rings. The molecule has 6 nitrogen and oxygen atoms in total. The van der Waals surface area contributed by atoms with Crippen LogP contribution < -0.4 is 0 Å². The summed E-state index contributed by atoms with van der Waals surface area (Å²) in [7, 11) is -1.76. The Labute approximate surface area is 107 Å². The van der Waals surface area contributed by atoms with Crippen LogP contribution in [0.25, 0.3) is 0 Å². The zero-order valence-electron chi connectivity index (χ0n) is 10.8. The third-order valence-electron chi connectivity index (χ3n) is 2.65.